The molecule has 4 nitrogen and oxygen atoms in total. The third kappa shape index (κ3) is 2.83. The maximum Gasteiger partial charge on any atom is 0.313 e. The first-order valence-corrected chi connectivity index (χ1v) is 5.48. The van der Waals surface area contributed by atoms with Crippen LogP contribution in [0, 0.1) is 11.3 Å². The Kier molecular flexibility index (Phi) is 4.24. The SMILES string of the molecule is CC(CCCN)(C(=O)O)c1ccc(C#N)cc1. The van der Waals surface area contributed by atoms with E-state index < -0.39 is 11.4 Å². The van der Waals surface area contributed by atoms with E-state index in [1.54, 1.807) is 31.2 Å². The Morgan fingerprint density at radius 3 is 2.47 bits per heavy atom. The third-order valence-electron chi connectivity index (χ3n) is 3.00. The van der Waals surface area contributed by atoms with E-state index in [-0.39, 0.29) is 0 Å². The van der Waals surface area contributed by atoms with Crippen molar-refractivity contribution in [2.45, 2.75) is 25.2 Å². The average molecular weight is 232 g/mol. The van der Waals surface area contributed by atoms with Crippen molar-refractivity contribution < 1.29 is 9.90 Å². The van der Waals surface area contributed by atoms with Crippen LogP contribution in [0.5, 0.6) is 0 Å². The second-order valence-electron chi connectivity index (χ2n) is 4.22. The van der Waals surface area contributed by atoms with Crippen LogP contribution in [0.1, 0.15) is 30.9 Å². The molecule has 0 amide bonds. The van der Waals surface area contributed by atoms with E-state index in [4.69, 9.17) is 11.0 Å². The van der Waals surface area contributed by atoms with Crippen molar-refractivity contribution in [2.24, 2.45) is 5.73 Å². The first-order chi connectivity index (χ1) is 8.04. The molecule has 90 valence electrons. The van der Waals surface area contributed by atoms with E-state index >= 15 is 0 Å². The number of hydrogen-bond acceptors (Lipinski definition) is 3. The summed E-state index contributed by atoms with van der Waals surface area (Å²) in [4.78, 5) is 11.4. The fourth-order valence-electron chi connectivity index (χ4n) is 1.74. The van der Waals surface area contributed by atoms with Crippen LogP contribution in [0.15, 0.2) is 24.3 Å². The molecule has 17 heavy (non-hydrogen) atoms. The molecule has 0 spiro atoms. The zero-order chi connectivity index (χ0) is 12.9. The highest BCUT2D eigenvalue weighted by atomic mass is 16.4. The monoisotopic (exact) mass is 232 g/mol. The highest BCUT2D eigenvalue weighted by Gasteiger charge is 2.34. The van der Waals surface area contributed by atoms with Gasteiger partial charge in [0.05, 0.1) is 17.0 Å². The van der Waals surface area contributed by atoms with Gasteiger partial charge in [0.25, 0.3) is 0 Å². The third-order valence-corrected chi connectivity index (χ3v) is 3.00. The molecule has 0 aliphatic rings. The summed E-state index contributed by atoms with van der Waals surface area (Å²) >= 11 is 0. The van der Waals surface area contributed by atoms with Gasteiger partial charge in [-0.2, -0.15) is 5.26 Å². The van der Waals surface area contributed by atoms with Gasteiger partial charge in [-0.25, -0.2) is 0 Å². The minimum absolute atomic E-state index is 0.471. The molecule has 0 heterocycles. The highest BCUT2D eigenvalue weighted by Crippen LogP contribution is 2.29. The Labute approximate surface area is 101 Å². The zero-order valence-electron chi connectivity index (χ0n) is 9.81. The van der Waals surface area contributed by atoms with Crippen LogP contribution in [-0.2, 0) is 10.2 Å². The van der Waals surface area contributed by atoms with E-state index in [1.807, 2.05) is 6.07 Å². The normalized spacial score (nSPS) is 13.7. The quantitative estimate of drug-likeness (QED) is 0.807. The molecule has 0 aromatic heterocycles. The van der Waals surface area contributed by atoms with E-state index in [1.165, 1.54) is 0 Å². The summed E-state index contributed by atoms with van der Waals surface area (Å²) in [5, 5.41) is 18.0. The molecule has 0 bridgehead atoms. The number of nitrogens with zero attached hydrogens (tertiary/aromatic N) is 1. The van der Waals surface area contributed by atoms with Crippen molar-refractivity contribution in [3.05, 3.63) is 35.4 Å². The summed E-state index contributed by atoms with van der Waals surface area (Å²) < 4.78 is 0. The highest BCUT2D eigenvalue weighted by molar-refractivity contribution is 5.80. The number of carboxylic acid groups (broad SMARTS) is 1. The number of carbonyl (C=O) groups is 1. The number of aliphatic carboxylic acids is 1. The van der Waals surface area contributed by atoms with Crippen LogP contribution in [0.2, 0.25) is 0 Å². The van der Waals surface area contributed by atoms with Crippen molar-refractivity contribution in [3.63, 3.8) is 0 Å². The molecule has 0 radical (unpaired) electrons. The number of benzene rings is 1. The lowest BCUT2D eigenvalue weighted by atomic mass is 9.78. The van der Waals surface area contributed by atoms with Gasteiger partial charge < -0.3 is 10.8 Å². The standard InChI is InChI=1S/C13H16N2O2/c1-13(12(16)17,7-2-8-14)11-5-3-10(9-15)4-6-11/h3-6H,2,7-8,14H2,1H3,(H,16,17). The number of nitriles is 1. The summed E-state index contributed by atoms with van der Waals surface area (Å²) in [6.07, 6.45) is 1.15. The van der Waals surface area contributed by atoms with Gasteiger partial charge in [0.15, 0.2) is 0 Å². The van der Waals surface area contributed by atoms with Gasteiger partial charge in [0, 0.05) is 0 Å². The van der Waals surface area contributed by atoms with Crippen LogP contribution >= 0.6 is 0 Å². The Balaban J connectivity index is 3.05. The van der Waals surface area contributed by atoms with Crippen LogP contribution in [0.3, 0.4) is 0 Å². The molecule has 1 aromatic carbocycles. The van der Waals surface area contributed by atoms with Crippen LogP contribution < -0.4 is 5.73 Å². The summed E-state index contributed by atoms with van der Waals surface area (Å²) in [5.74, 6) is -0.865. The molecule has 0 saturated carbocycles. The van der Waals surface area contributed by atoms with Gasteiger partial charge in [-0.05, 0) is 44.0 Å². The fraction of sp³-hybridized carbons (Fsp3) is 0.385. The van der Waals surface area contributed by atoms with E-state index in [0.717, 1.165) is 0 Å². The Morgan fingerprint density at radius 2 is 2.06 bits per heavy atom. The summed E-state index contributed by atoms with van der Waals surface area (Å²) in [7, 11) is 0. The van der Waals surface area contributed by atoms with E-state index in [2.05, 4.69) is 0 Å². The molecular formula is C13H16N2O2. The Morgan fingerprint density at radius 1 is 1.47 bits per heavy atom. The second-order valence-corrected chi connectivity index (χ2v) is 4.22. The van der Waals surface area contributed by atoms with Crippen molar-refractivity contribution in [3.8, 4) is 6.07 Å². The molecule has 4 heteroatoms. The van der Waals surface area contributed by atoms with E-state index in [9.17, 15) is 9.90 Å². The minimum atomic E-state index is -0.937. The van der Waals surface area contributed by atoms with Gasteiger partial charge in [0.2, 0.25) is 0 Å². The number of hydrogen-bond donors (Lipinski definition) is 2. The molecule has 0 saturated heterocycles. The average Bonchev–Trinajstić information content (AvgIpc) is 2.35. The van der Waals surface area contributed by atoms with Crippen LogP contribution in [0.4, 0.5) is 0 Å². The first kappa shape index (κ1) is 13.2. The lowest BCUT2D eigenvalue weighted by molar-refractivity contribution is -0.143. The smallest absolute Gasteiger partial charge is 0.313 e. The van der Waals surface area contributed by atoms with Crippen molar-refractivity contribution in [1.29, 1.82) is 5.26 Å². The maximum absolute atomic E-state index is 11.4. The van der Waals surface area contributed by atoms with Crippen molar-refractivity contribution in [1.82, 2.24) is 0 Å². The number of nitrogens with two attached hydrogens (primary N) is 1. The second kappa shape index (κ2) is 5.46. The van der Waals surface area contributed by atoms with Crippen molar-refractivity contribution in [2.75, 3.05) is 6.54 Å². The largest absolute Gasteiger partial charge is 0.481 e. The van der Waals surface area contributed by atoms with Gasteiger partial charge in [-0.15, -0.1) is 0 Å². The molecule has 0 aliphatic carbocycles. The number of rotatable bonds is 5. The van der Waals surface area contributed by atoms with Gasteiger partial charge in [-0.1, -0.05) is 12.1 Å². The fourth-order valence-corrected chi connectivity index (χ4v) is 1.74. The molecule has 1 unspecified atom stereocenters. The predicted octanol–water partition coefficient (Wildman–Crippen LogP) is 1.64. The molecule has 1 rings (SSSR count). The summed E-state index contributed by atoms with van der Waals surface area (Å²) in [6.45, 7) is 2.16. The Bertz CT molecular complexity index is 434. The van der Waals surface area contributed by atoms with Crippen LogP contribution in [0.25, 0.3) is 0 Å². The molecule has 0 aliphatic heterocycles. The van der Waals surface area contributed by atoms with Gasteiger partial charge in [-0.3, -0.25) is 4.79 Å². The lowest BCUT2D eigenvalue weighted by Gasteiger charge is -2.25. The van der Waals surface area contributed by atoms with Crippen molar-refractivity contribution >= 4 is 5.97 Å². The van der Waals surface area contributed by atoms with Gasteiger partial charge >= 0.3 is 5.97 Å². The molecule has 0 fully saturated rings. The summed E-state index contributed by atoms with van der Waals surface area (Å²) in [5.41, 5.74) is 5.72. The van der Waals surface area contributed by atoms with E-state index in [0.29, 0.717) is 30.5 Å². The minimum Gasteiger partial charge on any atom is -0.481 e. The molecule has 3 N–H and O–H groups in total. The summed E-state index contributed by atoms with van der Waals surface area (Å²) in [6, 6.07) is 8.68. The van der Waals surface area contributed by atoms with Gasteiger partial charge in [0.1, 0.15) is 0 Å². The first-order valence-electron chi connectivity index (χ1n) is 5.48. The lowest BCUT2D eigenvalue weighted by Crippen LogP contribution is -2.33. The molecule has 1 aromatic rings. The molecular weight excluding hydrogens is 216 g/mol. The van der Waals surface area contributed by atoms with Crippen LogP contribution in [-0.4, -0.2) is 17.6 Å². The number of carboxylic acids is 1. The topological polar surface area (TPSA) is 87.1 Å². The maximum atomic E-state index is 11.4. The Hall–Kier alpha value is -1.86. The molecule has 1 atom stereocenters. The predicted molar refractivity (Wildman–Crippen MR) is 64.4 cm³/mol. The zero-order valence-corrected chi connectivity index (χ0v) is 9.81.